The second kappa shape index (κ2) is 8.29. The summed E-state index contributed by atoms with van der Waals surface area (Å²) >= 11 is 0. The van der Waals surface area contributed by atoms with E-state index in [4.69, 9.17) is 13.9 Å². The Balaban J connectivity index is 1.41. The first-order chi connectivity index (χ1) is 14.5. The van der Waals surface area contributed by atoms with Gasteiger partial charge in [0.2, 0.25) is 11.5 Å². The average Bonchev–Trinajstić information content (AvgIpc) is 3.36. The molecule has 4 rings (SSSR count). The number of ketones is 1. The van der Waals surface area contributed by atoms with Crippen molar-refractivity contribution in [2.45, 2.75) is 26.6 Å². The molecule has 2 aromatic carbocycles. The number of fused-ring (bicyclic) bond motifs is 1. The Kier molecular flexibility index (Phi) is 5.39. The Labute approximate surface area is 173 Å². The lowest BCUT2D eigenvalue weighted by Crippen LogP contribution is -2.24. The van der Waals surface area contributed by atoms with E-state index < -0.39 is 12.1 Å². The highest BCUT2D eigenvalue weighted by molar-refractivity contribution is 6.11. The van der Waals surface area contributed by atoms with Crippen LogP contribution in [0.4, 0.5) is 0 Å². The summed E-state index contributed by atoms with van der Waals surface area (Å²) in [7, 11) is 0. The summed E-state index contributed by atoms with van der Waals surface area (Å²) in [5.41, 5.74) is 2.13. The molecule has 152 valence electrons. The molecule has 0 radical (unpaired) electrons. The molecule has 4 aromatic rings. The van der Waals surface area contributed by atoms with E-state index in [1.807, 2.05) is 61.5 Å². The highest BCUT2D eigenvalue weighted by atomic mass is 16.6. The molecule has 0 saturated carbocycles. The standard InChI is InChI=1S/C24H21NO5/c1-15-22(19-10-6-7-11-20(19)25-15)23(26)16(2)29-24(27)21-13-12-18(30-21)14-28-17-8-4-3-5-9-17/h3-13,16,25H,14H2,1-2H3/t16-/m1/s1. The number of hydrogen-bond donors (Lipinski definition) is 1. The number of rotatable bonds is 7. The molecule has 0 saturated heterocycles. The summed E-state index contributed by atoms with van der Waals surface area (Å²) in [5.74, 6) is 0.248. The van der Waals surface area contributed by atoms with E-state index in [-0.39, 0.29) is 18.2 Å². The zero-order valence-corrected chi connectivity index (χ0v) is 16.7. The maximum Gasteiger partial charge on any atom is 0.374 e. The molecule has 6 nitrogen and oxygen atoms in total. The molecule has 0 aliphatic heterocycles. The van der Waals surface area contributed by atoms with E-state index in [0.717, 1.165) is 16.6 Å². The first kappa shape index (κ1) is 19.5. The van der Waals surface area contributed by atoms with Crippen molar-refractivity contribution >= 4 is 22.7 Å². The zero-order chi connectivity index (χ0) is 21.1. The number of nitrogens with one attached hydrogen (secondary N) is 1. The van der Waals surface area contributed by atoms with Gasteiger partial charge in [-0.2, -0.15) is 0 Å². The van der Waals surface area contributed by atoms with Crippen molar-refractivity contribution in [2.75, 3.05) is 0 Å². The second-order valence-electron chi connectivity index (χ2n) is 6.95. The number of aromatic amines is 1. The molecule has 0 aliphatic rings. The molecule has 0 aliphatic carbocycles. The number of carbonyl (C=O) groups is 2. The van der Waals surface area contributed by atoms with E-state index in [1.165, 1.54) is 6.07 Å². The van der Waals surface area contributed by atoms with Crippen LogP contribution in [0.5, 0.6) is 5.75 Å². The van der Waals surface area contributed by atoms with Gasteiger partial charge in [-0.1, -0.05) is 36.4 Å². The van der Waals surface area contributed by atoms with Crippen LogP contribution in [0.15, 0.2) is 71.1 Å². The summed E-state index contributed by atoms with van der Waals surface area (Å²) in [6, 6.07) is 20.0. The van der Waals surface area contributed by atoms with Crippen LogP contribution in [0.1, 0.15) is 39.3 Å². The molecule has 1 N–H and O–H groups in total. The van der Waals surface area contributed by atoms with Crippen LogP contribution < -0.4 is 4.74 Å². The van der Waals surface area contributed by atoms with Crippen LogP contribution in [-0.2, 0) is 11.3 Å². The Morgan fingerprint density at radius 2 is 1.73 bits per heavy atom. The Morgan fingerprint density at radius 3 is 2.53 bits per heavy atom. The number of furan rings is 1. The lowest BCUT2D eigenvalue weighted by molar-refractivity contribution is 0.0286. The fourth-order valence-electron chi connectivity index (χ4n) is 3.31. The molecule has 0 unspecified atom stereocenters. The lowest BCUT2D eigenvalue weighted by atomic mass is 10.0. The fourth-order valence-corrected chi connectivity index (χ4v) is 3.31. The van der Waals surface area contributed by atoms with Crippen molar-refractivity contribution in [3.05, 3.63) is 89.5 Å². The number of Topliss-reactive ketones (excluding diaryl/α,β-unsaturated/α-hetero) is 1. The molecule has 2 heterocycles. The third-order valence-electron chi connectivity index (χ3n) is 4.78. The van der Waals surface area contributed by atoms with Gasteiger partial charge >= 0.3 is 5.97 Å². The number of H-pyrrole nitrogens is 1. The Hall–Kier alpha value is -3.80. The number of para-hydroxylation sites is 2. The van der Waals surface area contributed by atoms with Gasteiger partial charge in [-0.15, -0.1) is 0 Å². The number of hydrogen-bond acceptors (Lipinski definition) is 5. The minimum Gasteiger partial charge on any atom is -0.486 e. The smallest absolute Gasteiger partial charge is 0.374 e. The van der Waals surface area contributed by atoms with Crippen LogP contribution in [0.3, 0.4) is 0 Å². The highest BCUT2D eigenvalue weighted by Crippen LogP contribution is 2.24. The molecule has 30 heavy (non-hydrogen) atoms. The van der Waals surface area contributed by atoms with Crippen LogP contribution in [0.2, 0.25) is 0 Å². The summed E-state index contributed by atoms with van der Waals surface area (Å²) < 4.78 is 16.5. The maximum atomic E-state index is 12.9. The first-order valence-electron chi connectivity index (χ1n) is 9.62. The number of ether oxygens (including phenoxy) is 2. The van der Waals surface area contributed by atoms with Crippen molar-refractivity contribution in [2.24, 2.45) is 0 Å². The predicted octanol–water partition coefficient (Wildman–Crippen LogP) is 5.08. The summed E-state index contributed by atoms with van der Waals surface area (Å²) in [4.78, 5) is 28.6. The number of aromatic nitrogens is 1. The highest BCUT2D eigenvalue weighted by Gasteiger charge is 2.26. The third kappa shape index (κ3) is 3.98. The van der Waals surface area contributed by atoms with E-state index in [0.29, 0.717) is 17.1 Å². The molecular weight excluding hydrogens is 382 g/mol. The number of esters is 1. The van der Waals surface area contributed by atoms with Crippen molar-refractivity contribution < 1.29 is 23.5 Å². The monoisotopic (exact) mass is 403 g/mol. The van der Waals surface area contributed by atoms with Gasteiger partial charge in [-0.3, -0.25) is 4.79 Å². The van der Waals surface area contributed by atoms with Crippen molar-refractivity contribution in [1.29, 1.82) is 0 Å². The largest absolute Gasteiger partial charge is 0.486 e. The number of benzene rings is 2. The quantitative estimate of drug-likeness (QED) is 0.344. The molecule has 0 amide bonds. The normalized spacial score (nSPS) is 11.9. The van der Waals surface area contributed by atoms with Crippen LogP contribution in [0, 0.1) is 6.92 Å². The molecule has 2 aromatic heterocycles. The van der Waals surface area contributed by atoms with Crippen molar-refractivity contribution in [3.8, 4) is 5.75 Å². The van der Waals surface area contributed by atoms with Gasteiger partial charge in [-0.05, 0) is 44.2 Å². The predicted molar refractivity (Wildman–Crippen MR) is 112 cm³/mol. The lowest BCUT2D eigenvalue weighted by Gasteiger charge is -2.11. The molecule has 0 fully saturated rings. The van der Waals surface area contributed by atoms with E-state index in [9.17, 15) is 9.59 Å². The van der Waals surface area contributed by atoms with Crippen molar-refractivity contribution in [3.63, 3.8) is 0 Å². The molecule has 6 heteroatoms. The minimum atomic E-state index is -0.954. The first-order valence-corrected chi connectivity index (χ1v) is 9.62. The van der Waals surface area contributed by atoms with Gasteiger partial charge in [0, 0.05) is 22.2 Å². The topological polar surface area (TPSA) is 81.5 Å². The number of aryl methyl sites for hydroxylation is 1. The summed E-state index contributed by atoms with van der Waals surface area (Å²) in [5, 5.41) is 0.807. The maximum absolute atomic E-state index is 12.9. The van der Waals surface area contributed by atoms with Crippen LogP contribution >= 0.6 is 0 Å². The van der Waals surface area contributed by atoms with Crippen LogP contribution in [-0.4, -0.2) is 22.8 Å². The van der Waals surface area contributed by atoms with Gasteiger partial charge in [0.1, 0.15) is 18.1 Å². The molecule has 0 spiro atoms. The number of carbonyl (C=O) groups excluding carboxylic acids is 2. The average molecular weight is 403 g/mol. The Morgan fingerprint density at radius 1 is 1.00 bits per heavy atom. The van der Waals surface area contributed by atoms with Crippen molar-refractivity contribution in [1.82, 2.24) is 4.98 Å². The summed E-state index contributed by atoms with van der Waals surface area (Å²) in [6.07, 6.45) is -0.954. The van der Waals surface area contributed by atoms with Gasteiger partial charge in [-0.25, -0.2) is 4.79 Å². The van der Waals surface area contributed by atoms with Gasteiger partial charge in [0.05, 0.1) is 0 Å². The Bertz CT molecular complexity index is 1190. The SMILES string of the molecule is Cc1[nH]c2ccccc2c1C(=O)[C@@H](C)OC(=O)c1ccc(COc2ccccc2)o1. The van der Waals surface area contributed by atoms with Gasteiger partial charge in [0.25, 0.3) is 0 Å². The van der Waals surface area contributed by atoms with Crippen LogP contribution in [0.25, 0.3) is 10.9 Å². The summed E-state index contributed by atoms with van der Waals surface area (Å²) in [6.45, 7) is 3.57. The molecule has 0 bridgehead atoms. The molecular formula is C24H21NO5. The van der Waals surface area contributed by atoms with E-state index in [2.05, 4.69) is 4.98 Å². The fraction of sp³-hybridized carbons (Fsp3) is 0.167. The minimum absolute atomic E-state index is 0.0250. The van der Waals surface area contributed by atoms with E-state index >= 15 is 0 Å². The third-order valence-corrected chi connectivity index (χ3v) is 4.78. The second-order valence-corrected chi connectivity index (χ2v) is 6.95. The van der Waals surface area contributed by atoms with Gasteiger partial charge in [0.15, 0.2) is 6.10 Å². The zero-order valence-electron chi connectivity index (χ0n) is 16.7. The van der Waals surface area contributed by atoms with Gasteiger partial charge < -0.3 is 18.9 Å². The van der Waals surface area contributed by atoms with E-state index in [1.54, 1.807) is 13.0 Å². The molecule has 1 atom stereocenters.